The Morgan fingerprint density at radius 3 is 2.75 bits per heavy atom. The summed E-state index contributed by atoms with van der Waals surface area (Å²) in [7, 11) is 0. The number of halogens is 1. The van der Waals surface area contributed by atoms with Crippen LogP contribution in [0.25, 0.3) is 0 Å². The summed E-state index contributed by atoms with van der Waals surface area (Å²) in [5.41, 5.74) is 0.951. The zero-order valence-corrected chi connectivity index (χ0v) is 11.5. The lowest BCUT2D eigenvalue weighted by molar-refractivity contribution is -0.115. The van der Waals surface area contributed by atoms with Crippen molar-refractivity contribution in [3.05, 3.63) is 39.2 Å². The van der Waals surface area contributed by atoms with Crippen molar-refractivity contribution >= 4 is 33.5 Å². The maximum Gasteiger partial charge on any atom is 0.159 e. The standard InChI is InChI=1S/C13H13BrOS/c1-9-11(15)6-4-8-12(9)16-13-7-3-2-5-10(13)14/h2-3,5,7H,4,6,8H2,1H3. The topological polar surface area (TPSA) is 17.1 Å². The summed E-state index contributed by atoms with van der Waals surface area (Å²) in [6.07, 6.45) is 2.73. The number of rotatable bonds is 2. The first-order valence-corrected chi connectivity index (χ1v) is 6.95. The van der Waals surface area contributed by atoms with E-state index in [-0.39, 0.29) is 0 Å². The minimum Gasteiger partial charge on any atom is -0.295 e. The SMILES string of the molecule is CC1=C(Sc2ccccc2Br)CCCC1=O. The van der Waals surface area contributed by atoms with E-state index in [4.69, 9.17) is 0 Å². The van der Waals surface area contributed by atoms with E-state index < -0.39 is 0 Å². The number of thioether (sulfide) groups is 1. The highest BCUT2D eigenvalue weighted by molar-refractivity contribution is 9.10. The van der Waals surface area contributed by atoms with Crippen molar-refractivity contribution in [1.29, 1.82) is 0 Å². The third-order valence-corrected chi connectivity index (χ3v) is 5.00. The van der Waals surface area contributed by atoms with Crippen LogP contribution in [0.2, 0.25) is 0 Å². The predicted octanol–water partition coefficient (Wildman–Crippen LogP) is 4.57. The Kier molecular flexibility index (Phi) is 3.87. The van der Waals surface area contributed by atoms with Crippen LogP contribution in [0.3, 0.4) is 0 Å². The summed E-state index contributed by atoms with van der Waals surface area (Å²) in [5.74, 6) is 0.306. The number of allylic oxidation sites excluding steroid dienone is 2. The highest BCUT2D eigenvalue weighted by Gasteiger charge is 2.17. The molecule has 0 radical (unpaired) electrons. The fourth-order valence-corrected chi connectivity index (χ4v) is 3.35. The van der Waals surface area contributed by atoms with Crippen LogP contribution in [0, 0.1) is 0 Å². The first-order valence-electron chi connectivity index (χ1n) is 5.34. The molecule has 1 nitrogen and oxygen atoms in total. The lowest BCUT2D eigenvalue weighted by atomic mass is 9.99. The predicted molar refractivity (Wildman–Crippen MR) is 71.6 cm³/mol. The molecular weight excluding hydrogens is 284 g/mol. The number of ketones is 1. The highest BCUT2D eigenvalue weighted by Crippen LogP contribution is 2.38. The number of hydrogen-bond donors (Lipinski definition) is 0. The molecule has 0 atom stereocenters. The number of Topliss-reactive ketones (excluding diaryl/α,β-unsaturated/α-hetero) is 1. The van der Waals surface area contributed by atoms with Gasteiger partial charge in [0.15, 0.2) is 5.78 Å². The van der Waals surface area contributed by atoms with E-state index in [2.05, 4.69) is 22.0 Å². The molecule has 0 N–H and O–H groups in total. The average molecular weight is 297 g/mol. The summed E-state index contributed by atoms with van der Waals surface area (Å²) < 4.78 is 1.10. The van der Waals surface area contributed by atoms with Crippen molar-refractivity contribution in [2.75, 3.05) is 0 Å². The summed E-state index contributed by atoms with van der Waals surface area (Å²) in [4.78, 5) is 14.0. The van der Waals surface area contributed by atoms with E-state index in [1.807, 2.05) is 25.1 Å². The van der Waals surface area contributed by atoms with E-state index in [1.165, 1.54) is 9.80 Å². The molecule has 16 heavy (non-hydrogen) atoms. The number of benzene rings is 1. The van der Waals surface area contributed by atoms with Crippen LogP contribution in [0.4, 0.5) is 0 Å². The Bertz CT molecular complexity index is 451. The van der Waals surface area contributed by atoms with E-state index >= 15 is 0 Å². The van der Waals surface area contributed by atoms with Crippen molar-refractivity contribution in [1.82, 2.24) is 0 Å². The van der Waals surface area contributed by atoms with Crippen LogP contribution in [0.15, 0.2) is 44.1 Å². The van der Waals surface area contributed by atoms with Gasteiger partial charge in [-0.2, -0.15) is 0 Å². The van der Waals surface area contributed by atoms with Gasteiger partial charge in [0.1, 0.15) is 0 Å². The molecule has 0 amide bonds. The second-order valence-electron chi connectivity index (χ2n) is 3.86. The lowest BCUT2D eigenvalue weighted by Gasteiger charge is -2.16. The molecule has 1 aliphatic carbocycles. The van der Waals surface area contributed by atoms with Gasteiger partial charge in [-0.1, -0.05) is 23.9 Å². The first kappa shape index (κ1) is 11.9. The van der Waals surface area contributed by atoms with Crippen molar-refractivity contribution in [2.45, 2.75) is 31.1 Å². The van der Waals surface area contributed by atoms with E-state index in [0.29, 0.717) is 12.2 Å². The Morgan fingerprint density at radius 1 is 1.25 bits per heavy atom. The second-order valence-corrected chi connectivity index (χ2v) is 5.85. The molecule has 0 heterocycles. The fourth-order valence-electron chi connectivity index (χ4n) is 1.73. The summed E-state index contributed by atoms with van der Waals surface area (Å²) in [5, 5.41) is 0. The summed E-state index contributed by atoms with van der Waals surface area (Å²) >= 11 is 5.24. The molecule has 1 aliphatic rings. The molecule has 1 aromatic carbocycles. The summed E-state index contributed by atoms with van der Waals surface area (Å²) in [6, 6.07) is 8.13. The van der Waals surface area contributed by atoms with Crippen molar-refractivity contribution < 1.29 is 4.79 Å². The molecule has 84 valence electrons. The Morgan fingerprint density at radius 2 is 2.00 bits per heavy atom. The van der Waals surface area contributed by atoms with Crippen LogP contribution in [0.1, 0.15) is 26.2 Å². The smallest absolute Gasteiger partial charge is 0.159 e. The zero-order valence-electron chi connectivity index (χ0n) is 9.13. The average Bonchev–Trinajstić information content (AvgIpc) is 2.28. The van der Waals surface area contributed by atoms with Crippen molar-refractivity contribution in [3.8, 4) is 0 Å². The van der Waals surface area contributed by atoms with Gasteiger partial charge in [-0.15, -0.1) is 0 Å². The maximum absolute atomic E-state index is 11.6. The molecule has 0 saturated carbocycles. The van der Waals surface area contributed by atoms with Crippen molar-refractivity contribution in [2.24, 2.45) is 0 Å². The van der Waals surface area contributed by atoms with Gasteiger partial charge in [0, 0.05) is 21.4 Å². The Balaban J connectivity index is 2.25. The molecule has 1 aromatic rings. The fraction of sp³-hybridized carbons (Fsp3) is 0.308. The van der Waals surface area contributed by atoms with Crippen molar-refractivity contribution in [3.63, 3.8) is 0 Å². The van der Waals surface area contributed by atoms with Gasteiger partial charge < -0.3 is 0 Å². The monoisotopic (exact) mass is 296 g/mol. The van der Waals surface area contributed by atoms with Gasteiger partial charge in [0.25, 0.3) is 0 Å². The molecule has 0 fully saturated rings. The lowest BCUT2D eigenvalue weighted by Crippen LogP contribution is -2.07. The molecular formula is C13H13BrOS. The minimum atomic E-state index is 0.306. The molecule has 0 aromatic heterocycles. The second kappa shape index (κ2) is 5.19. The van der Waals surface area contributed by atoms with E-state index in [9.17, 15) is 4.79 Å². The molecule has 2 rings (SSSR count). The van der Waals surface area contributed by atoms with Crippen LogP contribution in [0.5, 0.6) is 0 Å². The molecule has 0 saturated heterocycles. The number of carbonyl (C=O) groups excluding carboxylic acids is 1. The number of carbonyl (C=O) groups is 1. The largest absolute Gasteiger partial charge is 0.295 e. The quantitative estimate of drug-likeness (QED) is 0.795. The van der Waals surface area contributed by atoms with Gasteiger partial charge >= 0.3 is 0 Å². The van der Waals surface area contributed by atoms with Gasteiger partial charge in [0.2, 0.25) is 0 Å². The minimum absolute atomic E-state index is 0.306. The third kappa shape index (κ3) is 2.58. The van der Waals surface area contributed by atoms with Crippen LogP contribution in [-0.4, -0.2) is 5.78 Å². The Labute approximate surface area is 108 Å². The molecule has 0 bridgehead atoms. The van der Waals surface area contributed by atoms with Gasteiger partial charge in [-0.25, -0.2) is 0 Å². The van der Waals surface area contributed by atoms with E-state index in [1.54, 1.807) is 11.8 Å². The van der Waals surface area contributed by atoms with E-state index in [0.717, 1.165) is 22.9 Å². The van der Waals surface area contributed by atoms with Crippen LogP contribution in [-0.2, 0) is 4.79 Å². The Hall–Kier alpha value is -0.540. The van der Waals surface area contributed by atoms with Gasteiger partial charge in [0.05, 0.1) is 0 Å². The molecule has 0 unspecified atom stereocenters. The summed E-state index contributed by atoms with van der Waals surface area (Å²) in [6.45, 7) is 1.95. The number of hydrogen-bond acceptors (Lipinski definition) is 2. The molecule has 3 heteroatoms. The van der Waals surface area contributed by atoms with Crippen LogP contribution >= 0.6 is 27.7 Å². The first-order chi connectivity index (χ1) is 7.68. The maximum atomic E-state index is 11.6. The van der Waals surface area contributed by atoms with Crippen LogP contribution < -0.4 is 0 Å². The zero-order chi connectivity index (χ0) is 11.5. The van der Waals surface area contributed by atoms with Gasteiger partial charge in [-0.3, -0.25) is 4.79 Å². The third-order valence-electron chi connectivity index (χ3n) is 2.71. The normalized spacial score (nSPS) is 16.8. The molecule has 0 aliphatic heterocycles. The van der Waals surface area contributed by atoms with Gasteiger partial charge in [-0.05, 0) is 52.7 Å². The highest BCUT2D eigenvalue weighted by atomic mass is 79.9. The molecule has 0 spiro atoms.